The Kier molecular flexibility index (Phi) is 4.20. The number of ketones is 1. The lowest BCUT2D eigenvalue weighted by atomic mass is 9.17. The van der Waals surface area contributed by atoms with E-state index < -0.39 is 6.10 Å². The highest BCUT2D eigenvalue weighted by atomic mass is 32.2. The number of carbonyl (C=O) groups excluding carboxylic acids is 2. The summed E-state index contributed by atoms with van der Waals surface area (Å²) in [6.07, 6.45) is 4.29. The second kappa shape index (κ2) is 5.75. The molecule has 2 bridgehead atoms. The Morgan fingerprint density at radius 1 is 1.30 bits per heavy atom. The zero-order valence-electron chi connectivity index (χ0n) is 17.5. The van der Waals surface area contributed by atoms with Crippen molar-refractivity contribution < 1.29 is 19.4 Å². The Hall–Kier alpha value is -0.550. The fourth-order valence-electron chi connectivity index (χ4n) is 8.13. The van der Waals surface area contributed by atoms with Crippen LogP contribution in [0.5, 0.6) is 0 Å². The first kappa shape index (κ1) is 19.8. The van der Waals surface area contributed by atoms with Gasteiger partial charge in [-0.05, 0) is 54.1 Å². The molecule has 4 aliphatic rings. The second-order valence-electron chi connectivity index (χ2n) is 10.7. The second-order valence-corrected chi connectivity index (χ2v) is 11.6. The van der Waals surface area contributed by atoms with Crippen LogP contribution in [-0.2, 0) is 14.3 Å². The van der Waals surface area contributed by atoms with Crippen LogP contribution in [-0.4, -0.2) is 41.1 Å². The number of hydrogen-bond acceptors (Lipinski definition) is 5. The molecule has 0 aliphatic heterocycles. The van der Waals surface area contributed by atoms with Gasteiger partial charge < -0.3 is 9.84 Å². The highest BCUT2D eigenvalue weighted by Crippen LogP contribution is 2.87. The van der Waals surface area contributed by atoms with E-state index in [1.807, 2.05) is 6.26 Å². The van der Waals surface area contributed by atoms with E-state index in [9.17, 15) is 14.7 Å². The van der Waals surface area contributed by atoms with Crippen LogP contribution >= 0.6 is 11.8 Å². The number of rotatable bonds is 3. The highest BCUT2D eigenvalue weighted by molar-refractivity contribution is 7.99. The van der Waals surface area contributed by atoms with Gasteiger partial charge in [-0.15, -0.1) is 0 Å². The van der Waals surface area contributed by atoms with Crippen molar-refractivity contribution in [3.8, 4) is 0 Å². The first-order valence-corrected chi connectivity index (χ1v) is 11.8. The molecule has 0 heterocycles. The minimum absolute atomic E-state index is 0.0104. The van der Waals surface area contributed by atoms with Crippen molar-refractivity contribution in [1.29, 1.82) is 0 Å². The van der Waals surface area contributed by atoms with E-state index in [2.05, 4.69) is 34.6 Å². The maximum absolute atomic E-state index is 13.0. The molecule has 0 aromatic rings. The summed E-state index contributed by atoms with van der Waals surface area (Å²) in [5.41, 5.74) is -0.737. The van der Waals surface area contributed by atoms with Crippen LogP contribution in [0, 0.1) is 39.4 Å². The molecule has 27 heavy (non-hydrogen) atoms. The van der Waals surface area contributed by atoms with Crippen molar-refractivity contribution in [2.75, 3.05) is 12.0 Å². The van der Waals surface area contributed by atoms with Crippen molar-refractivity contribution in [2.45, 2.75) is 72.5 Å². The fraction of sp³-hybridized carbons (Fsp3) is 0.909. The van der Waals surface area contributed by atoms with Gasteiger partial charge in [0.25, 0.3) is 0 Å². The van der Waals surface area contributed by atoms with Crippen LogP contribution in [0.2, 0.25) is 0 Å². The summed E-state index contributed by atoms with van der Waals surface area (Å²) >= 11 is 1.47. The third-order valence-corrected chi connectivity index (χ3v) is 10.0. The highest BCUT2D eigenvalue weighted by Gasteiger charge is 2.87. The number of aliphatic hydroxyl groups is 1. The summed E-state index contributed by atoms with van der Waals surface area (Å²) < 4.78 is 6.07. The van der Waals surface area contributed by atoms with Gasteiger partial charge in [0.2, 0.25) is 0 Å². The number of ether oxygens (including phenoxy) is 1. The molecule has 8 atom stereocenters. The van der Waals surface area contributed by atoms with Crippen molar-refractivity contribution in [2.24, 2.45) is 39.4 Å². The monoisotopic (exact) mass is 394 g/mol. The van der Waals surface area contributed by atoms with Crippen molar-refractivity contribution in [1.82, 2.24) is 0 Å². The molecule has 2 spiro atoms. The molecule has 1 unspecified atom stereocenters. The predicted octanol–water partition coefficient (Wildman–Crippen LogP) is 3.70. The summed E-state index contributed by atoms with van der Waals surface area (Å²) in [6.45, 7) is 10.9. The third-order valence-electron chi connectivity index (χ3n) is 9.50. The van der Waals surface area contributed by atoms with E-state index in [-0.39, 0.29) is 51.5 Å². The summed E-state index contributed by atoms with van der Waals surface area (Å²) in [6, 6.07) is 0. The molecule has 4 saturated carbocycles. The Bertz CT molecular complexity index is 690. The van der Waals surface area contributed by atoms with Crippen LogP contribution in [0.3, 0.4) is 0 Å². The molecule has 5 heteroatoms. The Morgan fingerprint density at radius 3 is 2.59 bits per heavy atom. The van der Waals surface area contributed by atoms with Crippen LogP contribution < -0.4 is 0 Å². The van der Waals surface area contributed by atoms with Gasteiger partial charge in [0.15, 0.2) is 0 Å². The predicted molar refractivity (Wildman–Crippen MR) is 106 cm³/mol. The van der Waals surface area contributed by atoms with E-state index in [1.54, 1.807) is 0 Å². The molecular formula is C22H34O4S. The van der Waals surface area contributed by atoms with Gasteiger partial charge in [0.05, 0.1) is 11.9 Å². The number of thioether (sulfide) groups is 1. The molecule has 1 N–H and O–H groups in total. The number of Topliss-reactive ketones (excluding diaryl/α,β-unsaturated/α-hetero) is 1. The standard InChI is InChI=1S/C22H34O4S/c1-12-17(25)19(3,4)9-15(26-16(24)10-27-6)20(5)13(2)22-11-21(12,18(20)22)8-7-14(22)23/h12-13,15,17-18,25H,7-11H2,1-6H3/t12-,13-,15+,17-,18-,20-,21+,22?/m0/s1. The molecule has 4 aliphatic carbocycles. The normalized spacial score (nSPS) is 52.6. The average Bonchev–Trinajstić information content (AvgIpc) is 2.58. The number of esters is 1. The zero-order valence-corrected chi connectivity index (χ0v) is 18.3. The first-order valence-electron chi connectivity index (χ1n) is 10.4. The summed E-state index contributed by atoms with van der Waals surface area (Å²) in [7, 11) is 0. The molecule has 152 valence electrons. The van der Waals surface area contributed by atoms with Crippen molar-refractivity contribution in [3.63, 3.8) is 0 Å². The van der Waals surface area contributed by atoms with Gasteiger partial charge in [-0.3, -0.25) is 9.59 Å². The fourth-order valence-corrected chi connectivity index (χ4v) is 8.44. The van der Waals surface area contributed by atoms with E-state index >= 15 is 0 Å². The molecule has 0 aromatic heterocycles. The summed E-state index contributed by atoms with van der Waals surface area (Å²) in [5, 5.41) is 11.3. The Labute approximate surface area is 167 Å². The molecule has 0 amide bonds. The largest absolute Gasteiger partial charge is 0.461 e. The number of hydrogen-bond donors (Lipinski definition) is 1. The lowest BCUT2D eigenvalue weighted by Crippen LogP contribution is -2.86. The lowest BCUT2D eigenvalue weighted by Gasteiger charge is -2.85. The van der Waals surface area contributed by atoms with E-state index in [1.165, 1.54) is 11.8 Å². The number of carbonyl (C=O) groups is 2. The minimum atomic E-state index is -0.453. The summed E-state index contributed by atoms with van der Waals surface area (Å²) in [4.78, 5) is 25.4. The summed E-state index contributed by atoms with van der Waals surface area (Å²) in [5.74, 6) is 1.21. The van der Waals surface area contributed by atoms with E-state index in [4.69, 9.17) is 4.74 Å². The quantitative estimate of drug-likeness (QED) is 0.740. The SMILES string of the molecule is CSCC(=O)O[C@@H]1CC(C)(C)[C@@H](O)[C@H](C)[C@@]23CCC(=O)C4(C2)[C@@H](C)[C@]1(C)[C@H]43. The molecule has 4 rings (SSSR count). The molecule has 4 fully saturated rings. The Balaban J connectivity index is 1.79. The van der Waals surface area contributed by atoms with Crippen molar-refractivity contribution in [3.05, 3.63) is 0 Å². The Morgan fingerprint density at radius 2 is 1.96 bits per heavy atom. The topological polar surface area (TPSA) is 63.6 Å². The van der Waals surface area contributed by atoms with Gasteiger partial charge >= 0.3 is 5.97 Å². The molecule has 0 saturated heterocycles. The van der Waals surface area contributed by atoms with Crippen molar-refractivity contribution >= 4 is 23.5 Å². The third kappa shape index (κ3) is 2.11. The molecule has 4 nitrogen and oxygen atoms in total. The zero-order chi connectivity index (χ0) is 20.0. The lowest BCUT2D eigenvalue weighted by molar-refractivity contribution is -0.380. The van der Waals surface area contributed by atoms with E-state index in [0.29, 0.717) is 24.4 Å². The maximum Gasteiger partial charge on any atom is 0.316 e. The maximum atomic E-state index is 13.0. The van der Waals surface area contributed by atoms with Crippen LogP contribution in [0.4, 0.5) is 0 Å². The van der Waals surface area contributed by atoms with Gasteiger partial charge in [-0.1, -0.05) is 34.6 Å². The van der Waals surface area contributed by atoms with Crippen LogP contribution in [0.1, 0.15) is 60.3 Å². The van der Waals surface area contributed by atoms with Gasteiger partial charge in [-0.2, -0.15) is 11.8 Å². The smallest absolute Gasteiger partial charge is 0.316 e. The molecule has 0 radical (unpaired) electrons. The van der Waals surface area contributed by atoms with Crippen LogP contribution in [0.15, 0.2) is 0 Å². The van der Waals surface area contributed by atoms with Gasteiger partial charge in [0.1, 0.15) is 11.9 Å². The van der Waals surface area contributed by atoms with E-state index in [0.717, 1.165) is 12.8 Å². The van der Waals surface area contributed by atoms with Gasteiger partial charge in [0, 0.05) is 17.3 Å². The van der Waals surface area contributed by atoms with Crippen LogP contribution in [0.25, 0.3) is 0 Å². The average molecular weight is 395 g/mol. The molecular weight excluding hydrogens is 360 g/mol. The molecule has 0 aromatic carbocycles. The number of aliphatic hydroxyl groups excluding tert-OH is 1. The van der Waals surface area contributed by atoms with Gasteiger partial charge in [-0.25, -0.2) is 0 Å². The first-order chi connectivity index (χ1) is 12.5. The minimum Gasteiger partial charge on any atom is -0.461 e.